The maximum Gasteiger partial charge on any atom is 0.131 e. The van der Waals surface area contributed by atoms with Crippen molar-refractivity contribution in [3.8, 4) is 0 Å². The molecule has 0 saturated heterocycles. The van der Waals surface area contributed by atoms with Gasteiger partial charge in [0.15, 0.2) is 0 Å². The molecule has 0 aliphatic rings. The standard InChI is InChI=1S/C14H17BrN4S/c1-3-7-16-12-9-13(19-11(4-2)18-12)20-14-10(15)6-5-8-17-14/h5-6,8-9H,3-4,7H2,1-2H3,(H,16,18,19). The van der Waals surface area contributed by atoms with E-state index in [2.05, 4.69) is 50.0 Å². The lowest BCUT2D eigenvalue weighted by Gasteiger charge is -2.08. The molecule has 0 bridgehead atoms. The molecular formula is C14H17BrN4S. The van der Waals surface area contributed by atoms with Gasteiger partial charge in [0, 0.05) is 25.2 Å². The first-order valence-electron chi connectivity index (χ1n) is 6.63. The Hall–Kier alpha value is -1.14. The number of anilines is 1. The van der Waals surface area contributed by atoms with Gasteiger partial charge >= 0.3 is 0 Å². The highest BCUT2D eigenvalue weighted by atomic mass is 79.9. The Morgan fingerprint density at radius 3 is 2.85 bits per heavy atom. The number of aryl methyl sites for hydroxylation is 1. The smallest absolute Gasteiger partial charge is 0.131 e. The number of rotatable bonds is 6. The van der Waals surface area contributed by atoms with Gasteiger partial charge in [-0.25, -0.2) is 15.0 Å². The molecule has 0 amide bonds. The molecule has 4 nitrogen and oxygen atoms in total. The summed E-state index contributed by atoms with van der Waals surface area (Å²) in [7, 11) is 0. The lowest BCUT2D eigenvalue weighted by molar-refractivity contribution is 0.876. The summed E-state index contributed by atoms with van der Waals surface area (Å²) >= 11 is 5.05. The second-order valence-electron chi connectivity index (χ2n) is 4.18. The largest absolute Gasteiger partial charge is 0.370 e. The zero-order valence-corrected chi connectivity index (χ0v) is 14.0. The fraction of sp³-hybridized carbons (Fsp3) is 0.357. The number of halogens is 1. The van der Waals surface area contributed by atoms with Crippen LogP contribution in [0.5, 0.6) is 0 Å². The van der Waals surface area contributed by atoms with Crippen LogP contribution in [0.3, 0.4) is 0 Å². The summed E-state index contributed by atoms with van der Waals surface area (Å²) in [6.07, 6.45) is 3.67. The Morgan fingerprint density at radius 2 is 2.15 bits per heavy atom. The van der Waals surface area contributed by atoms with Crippen LogP contribution in [-0.4, -0.2) is 21.5 Å². The van der Waals surface area contributed by atoms with E-state index in [1.807, 2.05) is 18.2 Å². The lowest BCUT2D eigenvalue weighted by Crippen LogP contribution is -2.05. The molecule has 0 fully saturated rings. The quantitative estimate of drug-likeness (QED) is 0.790. The summed E-state index contributed by atoms with van der Waals surface area (Å²) in [4.78, 5) is 13.4. The first kappa shape index (κ1) is 15.3. The number of hydrogen-bond acceptors (Lipinski definition) is 5. The number of pyridine rings is 1. The van der Waals surface area contributed by atoms with Crippen molar-refractivity contribution in [2.75, 3.05) is 11.9 Å². The molecule has 0 spiro atoms. The number of nitrogens with one attached hydrogen (secondary N) is 1. The van der Waals surface area contributed by atoms with Crippen LogP contribution in [0.15, 0.2) is 38.9 Å². The Labute approximate surface area is 132 Å². The summed E-state index contributed by atoms with van der Waals surface area (Å²) in [5.74, 6) is 1.73. The minimum atomic E-state index is 0.818. The van der Waals surface area contributed by atoms with Gasteiger partial charge < -0.3 is 5.32 Å². The molecule has 0 unspecified atom stereocenters. The second kappa shape index (κ2) is 7.59. The van der Waals surface area contributed by atoms with Crippen LogP contribution in [0.4, 0.5) is 5.82 Å². The minimum Gasteiger partial charge on any atom is -0.370 e. The number of hydrogen-bond donors (Lipinski definition) is 1. The summed E-state index contributed by atoms with van der Waals surface area (Å²) in [6.45, 7) is 5.11. The van der Waals surface area contributed by atoms with Crippen molar-refractivity contribution in [3.63, 3.8) is 0 Å². The topological polar surface area (TPSA) is 50.7 Å². The van der Waals surface area contributed by atoms with E-state index in [1.54, 1.807) is 18.0 Å². The number of nitrogens with zero attached hydrogens (tertiary/aromatic N) is 3. The van der Waals surface area contributed by atoms with Crippen LogP contribution in [0.1, 0.15) is 26.1 Å². The van der Waals surface area contributed by atoms with E-state index in [9.17, 15) is 0 Å². The normalized spacial score (nSPS) is 10.6. The molecule has 106 valence electrons. The first-order chi connectivity index (χ1) is 9.72. The summed E-state index contributed by atoms with van der Waals surface area (Å²) in [5, 5.41) is 5.14. The molecule has 0 aliphatic carbocycles. The molecule has 6 heteroatoms. The second-order valence-corrected chi connectivity index (χ2v) is 6.04. The van der Waals surface area contributed by atoms with Gasteiger partial charge in [-0.1, -0.05) is 13.8 Å². The Bertz CT molecular complexity index is 577. The predicted octanol–water partition coefficient (Wildman–Crippen LogP) is 4.17. The third-order valence-electron chi connectivity index (χ3n) is 2.55. The van der Waals surface area contributed by atoms with Crippen LogP contribution in [0.2, 0.25) is 0 Å². The minimum absolute atomic E-state index is 0.818. The summed E-state index contributed by atoms with van der Waals surface area (Å²) in [5.41, 5.74) is 0. The van der Waals surface area contributed by atoms with E-state index < -0.39 is 0 Å². The molecular weight excluding hydrogens is 336 g/mol. The monoisotopic (exact) mass is 352 g/mol. The molecule has 2 rings (SSSR count). The van der Waals surface area contributed by atoms with Crippen molar-refractivity contribution in [2.24, 2.45) is 0 Å². The highest BCUT2D eigenvalue weighted by Gasteiger charge is 2.08. The van der Waals surface area contributed by atoms with Gasteiger partial charge in [0.1, 0.15) is 21.7 Å². The molecule has 20 heavy (non-hydrogen) atoms. The van der Waals surface area contributed by atoms with E-state index in [0.717, 1.165) is 45.6 Å². The van der Waals surface area contributed by atoms with Gasteiger partial charge in [-0.3, -0.25) is 0 Å². The molecule has 2 aromatic heterocycles. The van der Waals surface area contributed by atoms with Crippen LogP contribution in [0, 0.1) is 0 Å². The molecule has 2 aromatic rings. The van der Waals surface area contributed by atoms with Crippen molar-refractivity contribution in [2.45, 2.75) is 36.7 Å². The average Bonchev–Trinajstić information content (AvgIpc) is 2.47. The zero-order chi connectivity index (χ0) is 14.4. The molecule has 0 aliphatic heterocycles. The van der Waals surface area contributed by atoms with Crippen LogP contribution >= 0.6 is 27.7 Å². The van der Waals surface area contributed by atoms with E-state index in [-0.39, 0.29) is 0 Å². The SMILES string of the molecule is CCCNc1cc(Sc2ncccc2Br)nc(CC)n1. The summed E-state index contributed by atoms with van der Waals surface area (Å²) < 4.78 is 0.977. The summed E-state index contributed by atoms with van der Waals surface area (Å²) in [6, 6.07) is 5.86. The van der Waals surface area contributed by atoms with Crippen molar-refractivity contribution in [1.82, 2.24) is 15.0 Å². The fourth-order valence-electron chi connectivity index (χ4n) is 1.57. The van der Waals surface area contributed by atoms with Gasteiger partial charge in [-0.05, 0) is 46.2 Å². The zero-order valence-electron chi connectivity index (χ0n) is 11.6. The molecule has 1 N–H and O–H groups in total. The van der Waals surface area contributed by atoms with Crippen molar-refractivity contribution in [1.29, 1.82) is 0 Å². The van der Waals surface area contributed by atoms with Crippen LogP contribution in [0.25, 0.3) is 0 Å². The van der Waals surface area contributed by atoms with Crippen molar-refractivity contribution in [3.05, 3.63) is 34.7 Å². The fourth-order valence-corrected chi connectivity index (χ4v) is 2.87. The maximum absolute atomic E-state index is 4.55. The lowest BCUT2D eigenvalue weighted by atomic mass is 10.4. The van der Waals surface area contributed by atoms with Gasteiger partial charge in [0.25, 0.3) is 0 Å². The van der Waals surface area contributed by atoms with E-state index >= 15 is 0 Å². The van der Waals surface area contributed by atoms with Gasteiger partial charge in [-0.15, -0.1) is 0 Å². The van der Waals surface area contributed by atoms with Crippen LogP contribution < -0.4 is 5.32 Å². The first-order valence-corrected chi connectivity index (χ1v) is 8.24. The van der Waals surface area contributed by atoms with E-state index in [0.29, 0.717) is 0 Å². The van der Waals surface area contributed by atoms with Crippen LogP contribution in [-0.2, 0) is 6.42 Å². The molecule has 0 saturated carbocycles. The van der Waals surface area contributed by atoms with Gasteiger partial charge in [-0.2, -0.15) is 0 Å². The van der Waals surface area contributed by atoms with Gasteiger partial charge in [0.05, 0.1) is 4.47 Å². The predicted molar refractivity (Wildman–Crippen MR) is 86.3 cm³/mol. The highest BCUT2D eigenvalue weighted by Crippen LogP contribution is 2.31. The Kier molecular flexibility index (Phi) is 5.79. The highest BCUT2D eigenvalue weighted by molar-refractivity contribution is 9.10. The molecule has 2 heterocycles. The van der Waals surface area contributed by atoms with E-state index in [1.165, 1.54) is 0 Å². The Morgan fingerprint density at radius 1 is 1.30 bits per heavy atom. The third-order valence-corrected chi connectivity index (χ3v) is 4.39. The number of aromatic nitrogens is 3. The van der Waals surface area contributed by atoms with Crippen molar-refractivity contribution >= 4 is 33.5 Å². The molecule has 0 atom stereocenters. The Balaban J connectivity index is 2.24. The van der Waals surface area contributed by atoms with Gasteiger partial charge in [0.2, 0.25) is 0 Å². The van der Waals surface area contributed by atoms with E-state index in [4.69, 9.17) is 0 Å². The maximum atomic E-state index is 4.55. The average molecular weight is 353 g/mol. The molecule has 0 aromatic carbocycles. The molecule has 0 radical (unpaired) electrons. The third kappa shape index (κ3) is 4.18. The van der Waals surface area contributed by atoms with Crippen molar-refractivity contribution < 1.29 is 0 Å².